The number of hydrogen-bond donors (Lipinski definition) is 0. The molecule has 0 aliphatic rings. The Kier molecular flexibility index (Phi) is 13.1. The number of rotatable bonds is 4. The first-order valence-corrected chi connectivity index (χ1v) is 31.8. The molecular weight excluding hydrogens is 1120 g/mol. The van der Waals surface area contributed by atoms with E-state index in [9.17, 15) is 0 Å². The molecule has 0 saturated heterocycles. The summed E-state index contributed by atoms with van der Waals surface area (Å²) in [5.41, 5.74) is 22.5. The van der Waals surface area contributed by atoms with Gasteiger partial charge in [0.25, 0.3) is 0 Å². The smallest absolute Gasteiger partial charge is 0.220 e. The summed E-state index contributed by atoms with van der Waals surface area (Å²) in [5, 5.41) is 19.2. The molecule has 0 amide bonds. The highest BCUT2D eigenvalue weighted by atomic mass is 16.3. The number of hydrogen-bond acceptors (Lipinski definition) is 3. The molecule has 0 atom stereocenters. The molecule has 92 heavy (non-hydrogen) atoms. The Hall–Kier alpha value is -11.0. The molecule has 6 nitrogen and oxygen atoms in total. The van der Waals surface area contributed by atoms with Gasteiger partial charge in [0.05, 0.1) is 27.5 Å². The molecule has 0 saturated carbocycles. The molecule has 0 aliphatic heterocycles. The molecule has 0 aliphatic carbocycles. The maximum atomic E-state index is 8.42. The summed E-state index contributed by atoms with van der Waals surface area (Å²) < 4.78 is 34.4. The molecular formula is C86H70N3O3+3. The van der Waals surface area contributed by atoms with Crippen LogP contribution in [0.3, 0.4) is 0 Å². The van der Waals surface area contributed by atoms with Crippen molar-refractivity contribution in [2.75, 3.05) is 0 Å². The number of benzene rings is 12. The Bertz CT molecular complexity index is 6160. The molecule has 12 aromatic carbocycles. The Balaban J connectivity index is 0.000000111. The van der Waals surface area contributed by atoms with Gasteiger partial charge in [-0.15, -0.1) is 0 Å². The summed E-state index contributed by atoms with van der Waals surface area (Å²) in [7, 11) is 6.38. The average molecular weight is 1190 g/mol. The summed E-state index contributed by atoms with van der Waals surface area (Å²) in [6.07, 6.45) is 2.10. The summed E-state index contributed by atoms with van der Waals surface area (Å²) >= 11 is 0. The second-order valence-electron chi connectivity index (χ2n) is 25.4. The lowest BCUT2D eigenvalue weighted by atomic mass is 9.94. The predicted octanol–water partition coefficient (Wildman–Crippen LogP) is 21.8. The van der Waals surface area contributed by atoms with Gasteiger partial charge in [0.15, 0.2) is 6.20 Å². The van der Waals surface area contributed by atoms with E-state index in [0.717, 1.165) is 72.0 Å². The maximum Gasteiger partial charge on any atom is 0.220 e. The largest absolute Gasteiger partial charge is 0.456 e. The van der Waals surface area contributed by atoms with Crippen molar-refractivity contribution in [1.29, 1.82) is 0 Å². The Morgan fingerprint density at radius 2 is 0.772 bits per heavy atom. The molecule has 0 unspecified atom stereocenters. The van der Waals surface area contributed by atoms with E-state index in [1.807, 2.05) is 13.8 Å². The van der Waals surface area contributed by atoms with Crippen molar-refractivity contribution in [3.05, 3.63) is 270 Å². The van der Waals surface area contributed by atoms with Gasteiger partial charge < -0.3 is 13.3 Å². The van der Waals surface area contributed by atoms with Crippen molar-refractivity contribution in [3.8, 4) is 33.8 Å². The van der Waals surface area contributed by atoms with E-state index in [-0.39, 0.29) is 0 Å². The van der Waals surface area contributed by atoms with E-state index in [2.05, 4.69) is 306 Å². The van der Waals surface area contributed by atoms with Crippen LogP contribution in [0.4, 0.5) is 0 Å². The third-order valence-electron chi connectivity index (χ3n) is 19.6. The fourth-order valence-corrected chi connectivity index (χ4v) is 14.6. The molecule has 6 heterocycles. The molecule has 18 aromatic rings. The zero-order chi connectivity index (χ0) is 63.7. The number of pyridine rings is 3. The lowest BCUT2D eigenvalue weighted by molar-refractivity contribution is -0.659. The number of aromatic nitrogens is 3. The van der Waals surface area contributed by atoms with Gasteiger partial charge in [-0.05, 0) is 186 Å². The fourth-order valence-electron chi connectivity index (χ4n) is 14.6. The summed E-state index contributed by atoms with van der Waals surface area (Å²) in [4.78, 5) is 0. The topological polar surface area (TPSA) is 51.1 Å². The van der Waals surface area contributed by atoms with E-state index in [1.165, 1.54) is 126 Å². The monoisotopic (exact) mass is 1190 g/mol. The number of nitrogens with zero attached hydrogens (tertiary/aromatic N) is 3. The van der Waals surface area contributed by atoms with Crippen molar-refractivity contribution >= 4 is 131 Å². The molecule has 0 spiro atoms. The van der Waals surface area contributed by atoms with E-state index < -0.39 is 5.89 Å². The van der Waals surface area contributed by atoms with Gasteiger partial charge in [-0.3, -0.25) is 0 Å². The number of furan rings is 3. The van der Waals surface area contributed by atoms with Gasteiger partial charge in [0, 0.05) is 86.1 Å². The highest BCUT2D eigenvalue weighted by Gasteiger charge is 2.25. The van der Waals surface area contributed by atoms with Crippen molar-refractivity contribution in [3.63, 3.8) is 0 Å². The zero-order valence-corrected chi connectivity index (χ0v) is 53.6. The predicted molar refractivity (Wildman–Crippen MR) is 384 cm³/mol. The Morgan fingerprint density at radius 1 is 0.337 bits per heavy atom. The first-order chi connectivity index (χ1) is 45.0. The molecule has 0 bridgehead atoms. The molecule has 444 valence electrons. The maximum absolute atomic E-state index is 8.42. The van der Waals surface area contributed by atoms with Crippen LogP contribution < -0.4 is 13.7 Å². The van der Waals surface area contributed by atoms with Crippen LogP contribution in [0.1, 0.15) is 54.5 Å². The van der Waals surface area contributed by atoms with E-state index in [1.54, 1.807) is 0 Å². The van der Waals surface area contributed by atoms with Crippen LogP contribution in [0.15, 0.2) is 250 Å². The van der Waals surface area contributed by atoms with Crippen molar-refractivity contribution in [2.45, 2.75) is 54.4 Å². The standard InChI is InChI=1S/C30H26NO.C29H24NO.C27H20NO/c1-18(2)20-9-10-25-23(15-20)13-14-31(4)29(25)24-11-12-26-27-16-21-7-5-6-8-22(21)17-28(27)32-30(26)19(24)3;1-17-8-7-11-25-28(17)18(2)14-26(30(25)4)22-12-13-23-24-15-20-9-5-6-10-21(20)16-27(24)31-29(23)19(22)3;1-17-21(25-14-11-18-7-5-6-10-24(18)28(25)2)12-13-22-23-15-19-8-3-4-9-20(19)16-26(23)29-27(17)22/h5-18H,1-4H3;5-16H,1-4H3;3-16H,1-2H3/q3*+1/i18D;;. The quantitative estimate of drug-likeness (QED) is 0.165. The van der Waals surface area contributed by atoms with Gasteiger partial charge in [-0.2, -0.15) is 9.13 Å². The van der Waals surface area contributed by atoms with Crippen LogP contribution in [-0.4, -0.2) is 0 Å². The van der Waals surface area contributed by atoms with E-state index >= 15 is 0 Å². The number of para-hydroxylation sites is 1. The van der Waals surface area contributed by atoms with Gasteiger partial charge in [-0.25, -0.2) is 4.57 Å². The van der Waals surface area contributed by atoms with Gasteiger partial charge in [0.1, 0.15) is 54.6 Å². The Morgan fingerprint density at radius 3 is 1.29 bits per heavy atom. The molecule has 0 fully saturated rings. The molecule has 6 heteroatoms. The summed E-state index contributed by atoms with van der Waals surface area (Å²) in [6.45, 7) is 14.7. The molecule has 6 aromatic heterocycles. The molecule has 0 radical (unpaired) electrons. The van der Waals surface area contributed by atoms with Crippen molar-refractivity contribution < 1.29 is 28.3 Å². The molecule has 0 N–H and O–H groups in total. The highest BCUT2D eigenvalue weighted by molar-refractivity contribution is 6.14. The Labute approximate surface area is 535 Å². The van der Waals surface area contributed by atoms with Crippen LogP contribution >= 0.6 is 0 Å². The second-order valence-corrected chi connectivity index (χ2v) is 25.4. The fraction of sp³-hybridized carbons (Fsp3) is 0.128. The van der Waals surface area contributed by atoms with Crippen LogP contribution in [0, 0.1) is 34.6 Å². The minimum absolute atomic E-state index is 0.626. The van der Waals surface area contributed by atoms with Crippen molar-refractivity contribution in [2.24, 2.45) is 21.1 Å². The second kappa shape index (κ2) is 21.9. The molecule has 18 rings (SSSR count). The minimum Gasteiger partial charge on any atom is -0.456 e. The van der Waals surface area contributed by atoms with Crippen LogP contribution in [0.2, 0.25) is 0 Å². The third kappa shape index (κ3) is 9.18. The summed E-state index contributed by atoms with van der Waals surface area (Å²) in [6, 6.07) is 82.1. The van der Waals surface area contributed by atoms with Gasteiger partial charge >= 0.3 is 0 Å². The first-order valence-electron chi connectivity index (χ1n) is 32.3. The highest BCUT2D eigenvalue weighted by Crippen LogP contribution is 2.42. The third-order valence-corrected chi connectivity index (χ3v) is 19.6. The average Bonchev–Trinajstić information content (AvgIpc) is 1.69. The van der Waals surface area contributed by atoms with Crippen LogP contribution in [0.25, 0.3) is 164 Å². The van der Waals surface area contributed by atoms with Crippen LogP contribution in [0.5, 0.6) is 0 Å². The van der Waals surface area contributed by atoms with Crippen LogP contribution in [-0.2, 0) is 21.1 Å². The minimum atomic E-state index is -0.626. The van der Waals surface area contributed by atoms with E-state index in [4.69, 9.17) is 14.6 Å². The number of fused-ring (bicyclic) bond motifs is 15. The lowest BCUT2D eigenvalue weighted by Crippen LogP contribution is -2.32. The summed E-state index contributed by atoms with van der Waals surface area (Å²) in [5.74, 6) is -0.626. The number of aryl methyl sites for hydroxylation is 8. The van der Waals surface area contributed by atoms with Gasteiger partial charge in [0.2, 0.25) is 28.1 Å². The normalized spacial score (nSPS) is 12.2. The van der Waals surface area contributed by atoms with Crippen molar-refractivity contribution in [1.82, 2.24) is 0 Å². The van der Waals surface area contributed by atoms with Gasteiger partial charge in [-0.1, -0.05) is 123 Å². The SMILES string of the molecule is Cc1c(-c2cc(C)c3c(C)cccc3[n+]2C)ccc2c1oc1cc3ccccc3cc12.Cc1c(-c2ccc3ccccc3[n+]2C)ccc2c1oc1cc3ccccc3cc12.[2H]C(C)(C)c1ccc2c(-c3ccc4c(oc5cc6ccccc6cc54)c3C)[n+](C)ccc2c1. The van der Waals surface area contributed by atoms with E-state index in [0.29, 0.717) is 0 Å². The lowest BCUT2D eigenvalue weighted by Gasteiger charge is -2.11. The zero-order valence-electron chi connectivity index (χ0n) is 54.6. The first kappa shape index (κ1) is 55.1.